The third-order valence-electron chi connectivity index (χ3n) is 5.94. The van der Waals surface area contributed by atoms with Crippen molar-refractivity contribution in [3.63, 3.8) is 0 Å². The number of carbonyl (C=O) groups is 4. The summed E-state index contributed by atoms with van der Waals surface area (Å²) in [6.45, 7) is 3.92. The number of amides is 1. The van der Waals surface area contributed by atoms with Crippen LogP contribution in [0.1, 0.15) is 42.7 Å². The molecule has 1 aliphatic rings. The molecule has 3 rings (SSSR count). The number of ketones is 1. The zero-order chi connectivity index (χ0) is 26.9. The molecule has 0 spiro atoms. The van der Waals surface area contributed by atoms with Gasteiger partial charge in [-0.3, -0.25) is 24.2 Å². The molecule has 0 radical (unpaired) electrons. The topological polar surface area (TPSA) is 160 Å². The minimum absolute atomic E-state index is 0.0471. The molecule has 1 amide bonds. The second kappa shape index (κ2) is 13.1. The van der Waals surface area contributed by atoms with Crippen LogP contribution in [0.2, 0.25) is 5.82 Å². The van der Waals surface area contributed by atoms with Crippen molar-refractivity contribution >= 4 is 30.7 Å². The van der Waals surface area contributed by atoms with E-state index < -0.39 is 49.0 Å². The van der Waals surface area contributed by atoms with Crippen molar-refractivity contribution in [2.45, 2.75) is 57.1 Å². The quantitative estimate of drug-likeness (QED) is 0.313. The Kier molecular flexibility index (Phi) is 9.87. The Balaban J connectivity index is 1.78. The van der Waals surface area contributed by atoms with Gasteiger partial charge in [0.15, 0.2) is 11.9 Å². The van der Waals surface area contributed by atoms with Gasteiger partial charge in [-0.15, -0.1) is 0 Å². The molecule has 0 aliphatic carbocycles. The Morgan fingerprint density at radius 3 is 2.54 bits per heavy atom. The van der Waals surface area contributed by atoms with E-state index in [0.29, 0.717) is 6.42 Å². The molecule has 2 aromatic rings. The first-order chi connectivity index (χ1) is 17.7. The molecule has 12 heteroatoms. The molecule has 1 saturated heterocycles. The predicted octanol–water partition coefficient (Wildman–Crippen LogP) is 1.12. The number of nitrogens with two attached hydrogens (primary N) is 1. The molecule has 0 unspecified atom stereocenters. The van der Waals surface area contributed by atoms with E-state index in [1.807, 2.05) is 44.2 Å². The normalized spacial score (nSPS) is 17.6. The fourth-order valence-electron chi connectivity index (χ4n) is 4.15. The fraction of sp³-hybridized carbons (Fsp3) is 0.440. The van der Waals surface area contributed by atoms with Crippen molar-refractivity contribution < 1.29 is 33.2 Å². The molecule has 1 fully saturated rings. The second-order valence-corrected chi connectivity index (χ2v) is 9.28. The monoisotopic (exact) mass is 510 g/mol. The van der Waals surface area contributed by atoms with Crippen LogP contribution in [0.3, 0.4) is 0 Å². The third kappa shape index (κ3) is 7.67. The highest BCUT2D eigenvalue weighted by Crippen LogP contribution is 2.32. The molecule has 4 atom stereocenters. The lowest BCUT2D eigenvalue weighted by atomic mass is 9.65. The number of Topliss-reactive ketones (excluding diaryl/α,β-unsaturated/α-hetero) is 1. The number of hydrogen-bond donors (Lipinski definition) is 2. The summed E-state index contributed by atoms with van der Waals surface area (Å²) in [5, 5.41) is 2.77. The first kappa shape index (κ1) is 27.9. The predicted molar refractivity (Wildman–Crippen MR) is 133 cm³/mol. The number of ether oxygens (including phenoxy) is 1. The lowest BCUT2D eigenvalue weighted by Crippen LogP contribution is -2.46. The Morgan fingerprint density at radius 1 is 1.19 bits per heavy atom. The van der Waals surface area contributed by atoms with E-state index in [9.17, 15) is 19.2 Å². The molecule has 37 heavy (non-hydrogen) atoms. The van der Waals surface area contributed by atoms with Gasteiger partial charge in [0.25, 0.3) is 5.91 Å². The molecule has 1 aromatic heterocycles. The largest absolute Gasteiger partial charge is 0.531 e. The Labute approximate surface area is 215 Å². The summed E-state index contributed by atoms with van der Waals surface area (Å²) in [5.41, 5.74) is 6.74. The summed E-state index contributed by atoms with van der Waals surface area (Å²) in [4.78, 5) is 58.5. The maximum atomic E-state index is 13.6. The molecule has 3 N–H and O–H groups in total. The van der Waals surface area contributed by atoms with E-state index in [2.05, 4.69) is 20.0 Å². The van der Waals surface area contributed by atoms with Gasteiger partial charge in [-0.05, 0) is 24.3 Å². The Morgan fingerprint density at radius 2 is 1.92 bits per heavy atom. The SMILES string of the molecule is COC(=O)[C@H](N)[C@H]1OB([C@@H](CC(=O)[C@H](Cc2ccccc2)NC(=O)c2cnccn2)CC(C)C)OC1=O. The molecule has 1 aromatic carbocycles. The molecule has 196 valence electrons. The molecule has 1 aliphatic heterocycles. The summed E-state index contributed by atoms with van der Waals surface area (Å²) in [6.07, 6.45) is 3.51. The number of rotatable bonds is 12. The van der Waals surface area contributed by atoms with Crippen LogP contribution in [0.5, 0.6) is 0 Å². The van der Waals surface area contributed by atoms with Crippen LogP contribution in [0.15, 0.2) is 48.9 Å². The van der Waals surface area contributed by atoms with Gasteiger partial charge in [-0.2, -0.15) is 0 Å². The molecular weight excluding hydrogens is 479 g/mol. The summed E-state index contributed by atoms with van der Waals surface area (Å²) < 4.78 is 15.7. The number of carbonyl (C=O) groups excluding carboxylic acids is 4. The van der Waals surface area contributed by atoms with Crippen LogP contribution in [-0.2, 0) is 34.9 Å². The molecule has 2 heterocycles. The maximum absolute atomic E-state index is 13.6. The third-order valence-corrected chi connectivity index (χ3v) is 5.94. The fourth-order valence-corrected chi connectivity index (χ4v) is 4.15. The zero-order valence-electron chi connectivity index (χ0n) is 21.0. The van der Waals surface area contributed by atoms with E-state index in [0.717, 1.165) is 12.7 Å². The number of esters is 1. The van der Waals surface area contributed by atoms with E-state index >= 15 is 0 Å². The minimum atomic E-state index is -1.35. The Hall–Kier alpha value is -3.64. The molecular formula is C25H31BN4O7. The van der Waals surface area contributed by atoms with E-state index in [1.54, 1.807) is 0 Å². The summed E-state index contributed by atoms with van der Waals surface area (Å²) in [6, 6.07) is 7.05. The average molecular weight is 510 g/mol. The average Bonchev–Trinajstić information content (AvgIpc) is 3.29. The van der Waals surface area contributed by atoms with E-state index in [4.69, 9.17) is 15.0 Å². The first-order valence-corrected chi connectivity index (χ1v) is 12.0. The number of benzene rings is 1. The second-order valence-electron chi connectivity index (χ2n) is 9.28. The summed E-state index contributed by atoms with van der Waals surface area (Å²) in [5.74, 6) is -2.80. The van der Waals surface area contributed by atoms with Gasteiger partial charge in [0.05, 0.1) is 19.3 Å². The number of nitrogens with zero attached hydrogens (tertiary/aromatic N) is 2. The first-order valence-electron chi connectivity index (χ1n) is 12.0. The van der Waals surface area contributed by atoms with Crippen LogP contribution in [0.25, 0.3) is 0 Å². The maximum Gasteiger partial charge on any atom is 0.531 e. The lowest BCUT2D eigenvalue weighted by molar-refractivity contribution is -0.149. The number of aromatic nitrogens is 2. The van der Waals surface area contributed by atoms with Gasteiger partial charge in [-0.25, -0.2) is 4.98 Å². The van der Waals surface area contributed by atoms with Crippen molar-refractivity contribution in [3.05, 3.63) is 60.2 Å². The highest BCUT2D eigenvalue weighted by molar-refractivity contribution is 6.51. The van der Waals surface area contributed by atoms with Crippen molar-refractivity contribution in [3.8, 4) is 0 Å². The molecule has 11 nitrogen and oxygen atoms in total. The van der Waals surface area contributed by atoms with Gasteiger partial charge in [0, 0.05) is 24.6 Å². The zero-order valence-corrected chi connectivity index (χ0v) is 21.0. The van der Waals surface area contributed by atoms with Crippen molar-refractivity contribution in [2.24, 2.45) is 11.7 Å². The van der Waals surface area contributed by atoms with Gasteiger partial charge < -0.3 is 25.1 Å². The standard InChI is InChI=1S/C25H31BN4O7/c1-15(2)11-17(26-36-22(25(34)37-26)21(27)24(33)35-3)13-20(31)18(12-16-7-5-4-6-8-16)30-23(32)19-14-28-9-10-29-19/h4-10,14-15,17-18,21-22H,11-13,27H2,1-3H3,(H,30,32)/t17-,18+,21-,22-/m1/s1. The number of hydrogen-bond acceptors (Lipinski definition) is 10. The summed E-state index contributed by atoms with van der Waals surface area (Å²) >= 11 is 0. The van der Waals surface area contributed by atoms with Gasteiger partial charge in [0.1, 0.15) is 11.7 Å². The van der Waals surface area contributed by atoms with Crippen LogP contribution in [0, 0.1) is 5.92 Å². The van der Waals surface area contributed by atoms with E-state index in [1.165, 1.54) is 18.6 Å². The van der Waals surface area contributed by atoms with Crippen molar-refractivity contribution in [1.82, 2.24) is 15.3 Å². The minimum Gasteiger partial charge on any atom is -0.507 e. The molecule has 0 bridgehead atoms. The van der Waals surface area contributed by atoms with Gasteiger partial charge >= 0.3 is 19.1 Å². The number of nitrogens with one attached hydrogen (secondary N) is 1. The highest BCUT2D eigenvalue weighted by atomic mass is 16.7. The lowest BCUT2D eigenvalue weighted by Gasteiger charge is -2.23. The smallest absolute Gasteiger partial charge is 0.507 e. The van der Waals surface area contributed by atoms with Gasteiger partial charge in [-0.1, -0.05) is 44.2 Å². The highest BCUT2D eigenvalue weighted by Gasteiger charge is 2.50. The van der Waals surface area contributed by atoms with Crippen molar-refractivity contribution in [2.75, 3.05) is 7.11 Å². The van der Waals surface area contributed by atoms with Crippen LogP contribution < -0.4 is 11.1 Å². The van der Waals surface area contributed by atoms with E-state index in [-0.39, 0.29) is 30.2 Å². The van der Waals surface area contributed by atoms with Crippen LogP contribution in [-0.4, -0.2) is 66.0 Å². The van der Waals surface area contributed by atoms with Crippen molar-refractivity contribution in [1.29, 1.82) is 0 Å². The number of methoxy groups -OCH3 is 1. The molecule has 0 saturated carbocycles. The van der Waals surface area contributed by atoms with Crippen LogP contribution >= 0.6 is 0 Å². The van der Waals surface area contributed by atoms with Crippen LogP contribution in [0.4, 0.5) is 0 Å². The summed E-state index contributed by atoms with van der Waals surface area (Å²) in [7, 11) is 0.0789. The van der Waals surface area contributed by atoms with Gasteiger partial charge in [0.2, 0.25) is 0 Å². The Bertz CT molecular complexity index is 1090.